The van der Waals surface area contributed by atoms with Crippen LogP contribution in [0.1, 0.15) is 13.3 Å². The molecule has 1 fully saturated rings. The van der Waals surface area contributed by atoms with E-state index in [-0.39, 0.29) is 6.61 Å². The van der Waals surface area contributed by atoms with Crippen LogP contribution in [-0.2, 0) is 0 Å². The number of hydrogen-bond donors (Lipinski definition) is 2. The third kappa shape index (κ3) is 2.48. The van der Waals surface area contributed by atoms with Gasteiger partial charge >= 0.3 is 0 Å². The normalized spacial score (nSPS) is 25.7. The van der Waals surface area contributed by atoms with Crippen LogP contribution in [0.25, 0.3) is 0 Å². The van der Waals surface area contributed by atoms with Gasteiger partial charge in [0.2, 0.25) is 6.79 Å². The van der Waals surface area contributed by atoms with Gasteiger partial charge < -0.3 is 24.8 Å². The van der Waals surface area contributed by atoms with Crippen molar-refractivity contribution in [2.75, 3.05) is 31.4 Å². The number of aliphatic hydroxyl groups excluding tert-OH is 1. The summed E-state index contributed by atoms with van der Waals surface area (Å²) in [7, 11) is 0. The maximum Gasteiger partial charge on any atom is 0.231 e. The summed E-state index contributed by atoms with van der Waals surface area (Å²) in [5.74, 6) is 1.64. The number of benzene rings is 1. The first-order valence-electron chi connectivity index (χ1n) is 6.78. The summed E-state index contributed by atoms with van der Waals surface area (Å²) in [6.45, 7) is 4.57. The molecule has 19 heavy (non-hydrogen) atoms. The molecule has 2 unspecified atom stereocenters. The monoisotopic (exact) mass is 264 g/mol. The van der Waals surface area contributed by atoms with Gasteiger partial charge in [0.25, 0.3) is 0 Å². The van der Waals surface area contributed by atoms with Crippen LogP contribution in [0.2, 0.25) is 0 Å². The predicted octanol–water partition coefficient (Wildman–Crippen LogP) is 0.964. The van der Waals surface area contributed by atoms with Crippen molar-refractivity contribution in [3.63, 3.8) is 0 Å². The summed E-state index contributed by atoms with van der Waals surface area (Å²) in [5.41, 5.74) is 1.15. The fourth-order valence-corrected chi connectivity index (χ4v) is 2.70. The van der Waals surface area contributed by atoms with Crippen LogP contribution in [0.15, 0.2) is 18.2 Å². The van der Waals surface area contributed by atoms with Gasteiger partial charge in [-0.1, -0.05) is 0 Å². The van der Waals surface area contributed by atoms with E-state index < -0.39 is 0 Å². The molecule has 1 aromatic rings. The average molecular weight is 264 g/mol. The van der Waals surface area contributed by atoms with Gasteiger partial charge in [-0.05, 0) is 25.5 Å². The molecule has 5 nitrogen and oxygen atoms in total. The van der Waals surface area contributed by atoms with E-state index in [0.29, 0.717) is 18.9 Å². The first kappa shape index (κ1) is 12.6. The summed E-state index contributed by atoms with van der Waals surface area (Å²) < 4.78 is 10.8. The number of aliphatic hydroxyl groups is 1. The van der Waals surface area contributed by atoms with Crippen molar-refractivity contribution in [3.8, 4) is 11.5 Å². The van der Waals surface area contributed by atoms with Crippen molar-refractivity contribution in [1.82, 2.24) is 5.32 Å². The summed E-state index contributed by atoms with van der Waals surface area (Å²) in [4.78, 5) is 2.36. The molecular formula is C14H20N2O3. The lowest BCUT2D eigenvalue weighted by Gasteiger charge is -2.40. The SMILES string of the molecule is CC1CNC(CCO)CN1c1ccc2c(c1)OCO2. The molecule has 104 valence electrons. The smallest absolute Gasteiger partial charge is 0.231 e. The fraction of sp³-hybridized carbons (Fsp3) is 0.571. The molecule has 2 N–H and O–H groups in total. The van der Waals surface area contributed by atoms with Crippen LogP contribution in [-0.4, -0.2) is 43.7 Å². The number of rotatable bonds is 3. The molecule has 1 aromatic carbocycles. The Labute approximate surface area is 113 Å². The zero-order valence-corrected chi connectivity index (χ0v) is 11.1. The lowest BCUT2D eigenvalue weighted by molar-refractivity contribution is 0.174. The second-order valence-electron chi connectivity index (χ2n) is 5.16. The Morgan fingerprint density at radius 2 is 2.21 bits per heavy atom. The molecule has 2 aliphatic heterocycles. The first-order valence-corrected chi connectivity index (χ1v) is 6.78. The number of piperazine rings is 1. The highest BCUT2D eigenvalue weighted by molar-refractivity contribution is 5.58. The third-order valence-corrected chi connectivity index (χ3v) is 3.82. The standard InChI is InChI=1S/C14H20N2O3/c1-10-7-15-11(4-5-17)8-16(10)12-2-3-13-14(6-12)19-9-18-13/h2-3,6,10-11,15,17H,4-5,7-9H2,1H3. The average Bonchev–Trinajstić information content (AvgIpc) is 2.88. The molecule has 2 aliphatic rings. The van der Waals surface area contributed by atoms with E-state index in [9.17, 15) is 0 Å². The van der Waals surface area contributed by atoms with Crippen LogP contribution in [0.4, 0.5) is 5.69 Å². The van der Waals surface area contributed by atoms with Gasteiger partial charge in [0.15, 0.2) is 11.5 Å². The summed E-state index contributed by atoms with van der Waals surface area (Å²) in [5, 5.41) is 12.5. The molecule has 0 aliphatic carbocycles. The van der Waals surface area contributed by atoms with Gasteiger partial charge in [-0.15, -0.1) is 0 Å². The molecular weight excluding hydrogens is 244 g/mol. The Bertz CT molecular complexity index is 452. The highest BCUT2D eigenvalue weighted by Crippen LogP contribution is 2.36. The largest absolute Gasteiger partial charge is 0.454 e. The van der Waals surface area contributed by atoms with Gasteiger partial charge in [-0.25, -0.2) is 0 Å². The minimum Gasteiger partial charge on any atom is -0.454 e. The minimum atomic E-state index is 0.223. The lowest BCUT2D eigenvalue weighted by Crippen LogP contribution is -2.55. The van der Waals surface area contributed by atoms with Crippen LogP contribution in [0, 0.1) is 0 Å². The topological polar surface area (TPSA) is 54.0 Å². The minimum absolute atomic E-state index is 0.223. The number of hydrogen-bond acceptors (Lipinski definition) is 5. The number of nitrogens with one attached hydrogen (secondary N) is 1. The van der Waals surface area contributed by atoms with Gasteiger partial charge in [-0.3, -0.25) is 0 Å². The van der Waals surface area contributed by atoms with E-state index in [4.69, 9.17) is 14.6 Å². The zero-order valence-electron chi connectivity index (χ0n) is 11.1. The highest BCUT2D eigenvalue weighted by Gasteiger charge is 2.26. The second kappa shape index (κ2) is 5.27. The first-order chi connectivity index (χ1) is 9.28. The summed E-state index contributed by atoms with van der Waals surface area (Å²) in [6, 6.07) is 6.85. The molecule has 2 atom stereocenters. The molecule has 0 bridgehead atoms. The molecule has 0 aromatic heterocycles. The highest BCUT2D eigenvalue weighted by atomic mass is 16.7. The maximum absolute atomic E-state index is 9.07. The van der Waals surface area contributed by atoms with E-state index in [1.807, 2.05) is 12.1 Å². The Hall–Kier alpha value is -1.46. The molecule has 5 heteroatoms. The zero-order chi connectivity index (χ0) is 13.2. The van der Waals surface area contributed by atoms with Crippen molar-refractivity contribution in [3.05, 3.63) is 18.2 Å². The Balaban J connectivity index is 1.79. The molecule has 2 heterocycles. The Morgan fingerprint density at radius 1 is 1.37 bits per heavy atom. The fourth-order valence-electron chi connectivity index (χ4n) is 2.70. The second-order valence-corrected chi connectivity index (χ2v) is 5.16. The van der Waals surface area contributed by atoms with Gasteiger partial charge in [-0.2, -0.15) is 0 Å². The van der Waals surface area contributed by atoms with Crippen LogP contribution in [0.5, 0.6) is 11.5 Å². The van der Waals surface area contributed by atoms with Crippen molar-refractivity contribution >= 4 is 5.69 Å². The quantitative estimate of drug-likeness (QED) is 0.852. The molecule has 1 saturated heterocycles. The maximum atomic E-state index is 9.07. The summed E-state index contributed by atoms with van der Waals surface area (Å²) >= 11 is 0. The van der Waals surface area contributed by atoms with Crippen LogP contribution >= 0.6 is 0 Å². The van der Waals surface area contributed by atoms with Crippen LogP contribution in [0.3, 0.4) is 0 Å². The van der Waals surface area contributed by atoms with E-state index >= 15 is 0 Å². The van der Waals surface area contributed by atoms with Crippen molar-refractivity contribution in [2.24, 2.45) is 0 Å². The Kier molecular flexibility index (Phi) is 3.48. The molecule has 0 saturated carbocycles. The molecule has 0 spiro atoms. The number of fused-ring (bicyclic) bond motifs is 1. The van der Waals surface area contributed by atoms with Gasteiger partial charge in [0.1, 0.15) is 0 Å². The number of anilines is 1. The third-order valence-electron chi connectivity index (χ3n) is 3.82. The van der Waals surface area contributed by atoms with Crippen molar-refractivity contribution in [2.45, 2.75) is 25.4 Å². The predicted molar refractivity (Wildman–Crippen MR) is 72.9 cm³/mol. The molecule has 0 radical (unpaired) electrons. The van der Waals surface area contributed by atoms with Gasteiger partial charge in [0, 0.05) is 43.5 Å². The van der Waals surface area contributed by atoms with E-state index in [0.717, 1.165) is 36.7 Å². The molecule has 3 rings (SSSR count). The molecule has 0 amide bonds. The number of nitrogens with zero attached hydrogens (tertiary/aromatic N) is 1. The lowest BCUT2D eigenvalue weighted by atomic mass is 10.1. The van der Waals surface area contributed by atoms with E-state index in [2.05, 4.69) is 23.2 Å². The van der Waals surface area contributed by atoms with Gasteiger partial charge in [0.05, 0.1) is 0 Å². The summed E-state index contributed by atoms with van der Waals surface area (Å²) in [6.07, 6.45) is 0.785. The Morgan fingerprint density at radius 3 is 3.05 bits per heavy atom. The van der Waals surface area contributed by atoms with Crippen LogP contribution < -0.4 is 19.7 Å². The van der Waals surface area contributed by atoms with Crippen molar-refractivity contribution in [1.29, 1.82) is 0 Å². The van der Waals surface area contributed by atoms with Crippen molar-refractivity contribution < 1.29 is 14.6 Å². The van der Waals surface area contributed by atoms with E-state index in [1.54, 1.807) is 0 Å². The van der Waals surface area contributed by atoms with E-state index in [1.165, 1.54) is 0 Å². The number of ether oxygens (including phenoxy) is 2.